The Kier molecular flexibility index (Phi) is 2.09. The molecule has 0 saturated heterocycles. The molecule has 0 aliphatic carbocycles. The molecule has 1 amide bonds. The molecule has 1 aliphatic rings. The van der Waals surface area contributed by atoms with E-state index in [4.69, 9.17) is 0 Å². The molecule has 48 valence electrons. The van der Waals surface area contributed by atoms with E-state index in [1.807, 2.05) is 0 Å². The van der Waals surface area contributed by atoms with E-state index in [0.717, 1.165) is 17.7 Å². The lowest BCUT2D eigenvalue weighted by Gasteiger charge is -1.89. The Morgan fingerprint density at radius 1 is 1.78 bits per heavy atom. The van der Waals surface area contributed by atoms with Crippen molar-refractivity contribution in [3.8, 4) is 0 Å². The van der Waals surface area contributed by atoms with Crippen LogP contribution >= 0.6 is 11.8 Å². The fraction of sp³-hybridized carbons (Fsp3) is 0.500. The van der Waals surface area contributed by atoms with Crippen molar-refractivity contribution in [3.05, 3.63) is 4.91 Å². The summed E-state index contributed by atoms with van der Waals surface area (Å²) in [5.41, 5.74) is 0. The van der Waals surface area contributed by atoms with E-state index in [1.165, 1.54) is 11.8 Å². The predicted octanol–water partition coefficient (Wildman–Crippen LogP) is 2.21. The van der Waals surface area contributed by atoms with Crippen LogP contribution in [0.1, 0.15) is 19.8 Å². The Balaban J connectivity index is 2.48. The van der Waals surface area contributed by atoms with Gasteiger partial charge in [-0.15, -0.1) is 0 Å². The lowest BCUT2D eigenvalue weighted by atomic mass is 10.3. The number of aliphatic imine (C=N–C) groups is 1. The lowest BCUT2D eigenvalue weighted by molar-refractivity contribution is 0.268. The van der Waals surface area contributed by atoms with E-state index >= 15 is 0 Å². The second-order valence-electron chi connectivity index (χ2n) is 1.76. The normalized spacial score (nSPS) is 16.6. The van der Waals surface area contributed by atoms with Crippen LogP contribution in [0.2, 0.25) is 0 Å². The van der Waals surface area contributed by atoms with Crippen LogP contribution in [0.25, 0.3) is 0 Å². The van der Waals surface area contributed by atoms with E-state index < -0.39 is 0 Å². The Morgan fingerprint density at radius 2 is 2.56 bits per heavy atom. The van der Waals surface area contributed by atoms with Crippen molar-refractivity contribution < 1.29 is 4.79 Å². The van der Waals surface area contributed by atoms with Gasteiger partial charge in [0, 0.05) is 5.87 Å². The van der Waals surface area contributed by atoms with Crippen molar-refractivity contribution in [1.82, 2.24) is 0 Å². The van der Waals surface area contributed by atoms with Crippen LogP contribution in [0.3, 0.4) is 0 Å². The second kappa shape index (κ2) is 2.85. The molecule has 0 saturated carbocycles. The van der Waals surface area contributed by atoms with Crippen LogP contribution < -0.4 is 0 Å². The van der Waals surface area contributed by atoms with Gasteiger partial charge < -0.3 is 0 Å². The van der Waals surface area contributed by atoms with Crippen molar-refractivity contribution in [2.75, 3.05) is 0 Å². The maximum Gasteiger partial charge on any atom is 0.318 e. The maximum atomic E-state index is 10.4. The highest BCUT2D eigenvalue weighted by Crippen LogP contribution is 2.23. The summed E-state index contributed by atoms with van der Waals surface area (Å²) in [7, 11) is 0. The number of carbonyl (C=O) groups excluding carboxylic acids is 1. The first kappa shape index (κ1) is 6.59. The van der Waals surface area contributed by atoms with E-state index in [1.54, 1.807) is 0 Å². The van der Waals surface area contributed by atoms with E-state index in [9.17, 15) is 4.79 Å². The van der Waals surface area contributed by atoms with Gasteiger partial charge in [0.1, 0.15) is 0 Å². The largest absolute Gasteiger partial charge is 0.318 e. The molecular weight excluding hydrogens is 134 g/mol. The third-order valence-corrected chi connectivity index (χ3v) is 1.77. The summed E-state index contributed by atoms with van der Waals surface area (Å²) in [6.07, 6.45) is 1.98. The SMILES string of the molecule is CCCC1=C=NC(=O)S1. The molecule has 0 atom stereocenters. The van der Waals surface area contributed by atoms with Crippen LogP contribution in [0.5, 0.6) is 0 Å². The number of rotatable bonds is 2. The van der Waals surface area contributed by atoms with E-state index in [2.05, 4.69) is 17.8 Å². The van der Waals surface area contributed by atoms with Gasteiger partial charge in [0.25, 0.3) is 0 Å². The van der Waals surface area contributed by atoms with Gasteiger partial charge >= 0.3 is 5.24 Å². The average molecular weight is 141 g/mol. The maximum absolute atomic E-state index is 10.4. The zero-order valence-electron chi connectivity index (χ0n) is 5.18. The summed E-state index contributed by atoms with van der Waals surface area (Å²) in [5.74, 6) is 2.66. The quantitative estimate of drug-likeness (QED) is 0.590. The van der Waals surface area contributed by atoms with Crippen LogP contribution in [-0.4, -0.2) is 11.1 Å². The van der Waals surface area contributed by atoms with E-state index in [0.29, 0.717) is 0 Å². The molecule has 0 radical (unpaired) electrons. The fourth-order valence-corrected chi connectivity index (χ4v) is 1.29. The highest BCUT2D eigenvalue weighted by Gasteiger charge is 2.09. The summed E-state index contributed by atoms with van der Waals surface area (Å²) in [6, 6.07) is 0. The van der Waals surface area contributed by atoms with Crippen LogP contribution in [0.4, 0.5) is 4.79 Å². The monoisotopic (exact) mass is 141 g/mol. The number of thioether (sulfide) groups is 1. The van der Waals surface area contributed by atoms with Gasteiger partial charge in [-0.1, -0.05) is 13.3 Å². The van der Waals surface area contributed by atoms with Crippen molar-refractivity contribution in [2.24, 2.45) is 4.99 Å². The Hall–Kier alpha value is -0.530. The summed E-state index contributed by atoms with van der Waals surface area (Å²) in [6.45, 7) is 2.07. The van der Waals surface area contributed by atoms with Crippen molar-refractivity contribution in [2.45, 2.75) is 19.8 Å². The van der Waals surface area contributed by atoms with Crippen molar-refractivity contribution >= 4 is 22.9 Å². The van der Waals surface area contributed by atoms with Gasteiger partial charge in [-0.3, -0.25) is 4.79 Å². The molecule has 2 nitrogen and oxygen atoms in total. The zero-order chi connectivity index (χ0) is 6.69. The number of carbonyl (C=O) groups is 1. The third-order valence-electron chi connectivity index (χ3n) is 0.959. The van der Waals surface area contributed by atoms with E-state index in [-0.39, 0.29) is 5.24 Å². The van der Waals surface area contributed by atoms with Crippen LogP contribution in [-0.2, 0) is 0 Å². The number of hydrogen-bond acceptors (Lipinski definition) is 2. The molecule has 1 aliphatic heterocycles. The van der Waals surface area contributed by atoms with Gasteiger partial charge in [0.2, 0.25) is 0 Å². The molecule has 0 spiro atoms. The Bertz CT molecular complexity index is 191. The van der Waals surface area contributed by atoms with Crippen LogP contribution in [0.15, 0.2) is 9.90 Å². The molecule has 0 aromatic heterocycles. The minimum Gasteiger partial charge on any atom is -0.258 e. The molecular formula is C6H7NOS. The summed E-state index contributed by atoms with van der Waals surface area (Å²) >= 11 is 1.19. The number of nitrogens with zero attached hydrogens (tertiary/aromatic N) is 1. The molecule has 0 bridgehead atoms. The van der Waals surface area contributed by atoms with Crippen molar-refractivity contribution in [3.63, 3.8) is 0 Å². The standard InChI is InChI=1S/C6H7NOS/c1-2-3-5-4-7-6(8)9-5/h2-3H2,1H3. The minimum atomic E-state index is -0.126. The molecule has 3 heteroatoms. The molecule has 0 fully saturated rings. The minimum absolute atomic E-state index is 0.126. The first-order chi connectivity index (χ1) is 4.33. The zero-order valence-corrected chi connectivity index (χ0v) is 5.99. The molecule has 0 N–H and O–H groups in total. The molecule has 0 aromatic carbocycles. The van der Waals surface area contributed by atoms with Gasteiger partial charge in [-0.2, -0.15) is 4.99 Å². The first-order valence-electron chi connectivity index (χ1n) is 2.87. The number of hydrogen-bond donors (Lipinski definition) is 0. The lowest BCUT2D eigenvalue weighted by Crippen LogP contribution is -1.75. The highest BCUT2D eigenvalue weighted by molar-refractivity contribution is 8.17. The average Bonchev–Trinajstić information content (AvgIpc) is 2.17. The summed E-state index contributed by atoms with van der Waals surface area (Å²) in [5, 5.41) is -0.126. The van der Waals surface area contributed by atoms with Crippen LogP contribution in [0, 0.1) is 0 Å². The Labute approximate surface area is 58.0 Å². The topological polar surface area (TPSA) is 29.4 Å². The third kappa shape index (κ3) is 1.70. The van der Waals surface area contributed by atoms with Gasteiger partial charge in [-0.05, 0) is 18.2 Å². The van der Waals surface area contributed by atoms with Gasteiger partial charge in [0.05, 0.1) is 4.91 Å². The molecule has 0 unspecified atom stereocenters. The van der Waals surface area contributed by atoms with Gasteiger partial charge in [-0.25, -0.2) is 0 Å². The highest BCUT2D eigenvalue weighted by atomic mass is 32.2. The number of allylic oxidation sites excluding steroid dienone is 1. The smallest absolute Gasteiger partial charge is 0.258 e. The molecule has 1 rings (SSSR count). The first-order valence-corrected chi connectivity index (χ1v) is 3.69. The molecule has 0 aromatic rings. The number of amides is 1. The molecule has 1 heterocycles. The van der Waals surface area contributed by atoms with Crippen molar-refractivity contribution in [1.29, 1.82) is 0 Å². The predicted molar refractivity (Wildman–Crippen MR) is 38.8 cm³/mol. The van der Waals surface area contributed by atoms with Gasteiger partial charge in [0.15, 0.2) is 0 Å². The summed E-state index contributed by atoms with van der Waals surface area (Å²) < 4.78 is 0. The fourth-order valence-electron chi connectivity index (χ4n) is 0.593. The molecule has 9 heavy (non-hydrogen) atoms. The summed E-state index contributed by atoms with van der Waals surface area (Å²) in [4.78, 5) is 14.9. The Morgan fingerprint density at radius 3 is 3.00 bits per heavy atom. The second-order valence-corrected chi connectivity index (χ2v) is 2.81.